The SMILES string of the molecule is COc1cc(CNC(=O)C#N)c(OC)cc1C. The molecular weight excluding hydrogens is 220 g/mol. The lowest BCUT2D eigenvalue weighted by molar-refractivity contribution is -0.116. The van der Waals surface area contributed by atoms with E-state index in [1.807, 2.05) is 13.0 Å². The van der Waals surface area contributed by atoms with E-state index in [0.29, 0.717) is 11.5 Å². The van der Waals surface area contributed by atoms with Gasteiger partial charge in [-0.3, -0.25) is 4.79 Å². The van der Waals surface area contributed by atoms with Crippen molar-refractivity contribution in [1.29, 1.82) is 5.26 Å². The monoisotopic (exact) mass is 234 g/mol. The standard InChI is InChI=1S/C12H14N2O3/c1-8-4-11(17-3)9(5-10(8)16-2)7-14-12(15)6-13/h4-5H,7H2,1-3H3,(H,14,15). The Morgan fingerprint density at radius 1 is 1.35 bits per heavy atom. The minimum Gasteiger partial charge on any atom is -0.496 e. The average Bonchev–Trinajstić information content (AvgIpc) is 2.36. The Kier molecular flexibility index (Phi) is 4.35. The first-order valence-corrected chi connectivity index (χ1v) is 5.01. The van der Waals surface area contributed by atoms with Crippen molar-refractivity contribution >= 4 is 5.91 Å². The van der Waals surface area contributed by atoms with Crippen LogP contribution in [0.2, 0.25) is 0 Å². The molecule has 5 heteroatoms. The van der Waals surface area contributed by atoms with E-state index < -0.39 is 5.91 Å². The number of ether oxygens (including phenoxy) is 2. The van der Waals surface area contributed by atoms with E-state index >= 15 is 0 Å². The van der Waals surface area contributed by atoms with Gasteiger partial charge in [0.05, 0.1) is 14.2 Å². The predicted molar refractivity (Wildman–Crippen MR) is 61.7 cm³/mol. The van der Waals surface area contributed by atoms with Crippen LogP contribution in [0.25, 0.3) is 0 Å². The van der Waals surface area contributed by atoms with Crippen molar-refractivity contribution in [2.24, 2.45) is 0 Å². The zero-order valence-electron chi connectivity index (χ0n) is 10.0. The molecule has 0 aromatic heterocycles. The van der Waals surface area contributed by atoms with Crippen molar-refractivity contribution in [2.45, 2.75) is 13.5 Å². The summed E-state index contributed by atoms with van der Waals surface area (Å²) in [4.78, 5) is 10.9. The summed E-state index contributed by atoms with van der Waals surface area (Å²) < 4.78 is 10.4. The number of hydrogen-bond acceptors (Lipinski definition) is 4. The molecule has 17 heavy (non-hydrogen) atoms. The maximum Gasteiger partial charge on any atom is 0.322 e. The fourth-order valence-electron chi connectivity index (χ4n) is 1.47. The van der Waals surface area contributed by atoms with Crippen LogP contribution < -0.4 is 14.8 Å². The molecule has 0 saturated carbocycles. The Morgan fingerprint density at radius 3 is 2.53 bits per heavy atom. The summed E-state index contributed by atoms with van der Waals surface area (Å²) in [6, 6.07) is 5.10. The van der Waals surface area contributed by atoms with E-state index in [0.717, 1.165) is 11.1 Å². The number of nitrogens with zero attached hydrogens (tertiary/aromatic N) is 1. The van der Waals surface area contributed by atoms with Gasteiger partial charge in [0.15, 0.2) is 6.07 Å². The van der Waals surface area contributed by atoms with Crippen molar-refractivity contribution < 1.29 is 14.3 Å². The van der Waals surface area contributed by atoms with E-state index in [4.69, 9.17) is 14.7 Å². The Hall–Kier alpha value is -2.22. The molecule has 1 aromatic carbocycles. The molecule has 0 unspecified atom stereocenters. The number of hydrogen-bond donors (Lipinski definition) is 1. The predicted octanol–water partition coefficient (Wildman–Crippen LogP) is 1.15. The van der Waals surface area contributed by atoms with Crippen LogP contribution in [-0.2, 0) is 11.3 Å². The van der Waals surface area contributed by atoms with E-state index in [1.54, 1.807) is 20.3 Å². The number of benzene rings is 1. The third kappa shape index (κ3) is 3.11. The second kappa shape index (κ2) is 5.75. The summed E-state index contributed by atoms with van der Waals surface area (Å²) in [6.45, 7) is 2.13. The van der Waals surface area contributed by atoms with E-state index in [-0.39, 0.29) is 6.54 Å². The average molecular weight is 234 g/mol. The smallest absolute Gasteiger partial charge is 0.322 e. The van der Waals surface area contributed by atoms with Crippen LogP contribution in [0, 0.1) is 18.3 Å². The molecular formula is C12H14N2O3. The Balaban J connectivity index is 2.97. The second-order valence-corrected chi connectivity index (χ2v) is 3.43. The molecule has 0 aliphatic rings. The van der Waals surface area contributed by atoms with Crippen molar-refractivity contribution in [1.82, 2.24) is 5.32 Å². The van der Waals surface area contributed by atoms with Gasteiger partial charge in [-0.1, -0.05) is 0 Å². The number of aryl methyl sites for hydroxylation is 1. The van der Waals surface area contributed by atoms with Crippen molar-refractivity contribution in [3.8, 4) is 17.6 Å². The molecule has 0 aliphatic carbocycles. The molecule has 0 bridgehead atoms. The number of amides is 1. The van der Waals surface area contributed by atoms with E-state index in [9.17, 15) is 4.79 Å². The largest absolute Gasteiger partial charge is 0.496 e. The minimum absolute atomic E-state index is 0.228. The molecule has 0 atom stereocenters. The fraction of sp³-hybridized carbons (Fsp3) is 0.333. The number of rotatable bonds is 4. The summed E-state index contributed by atoms with van der Waals surface area (Å²) >= 11 is 0. The van der Waals surface area contributed by atoms with Gasteiger partial charge in [-0.2, -0.15) is 5.26 Å². The van der Waals surface area contributed by atoms with E-state index in [2.05, 4.69) is 5.32 Å². The van der Waals surface area contributed by atoms with Gasteiger partial charge in [-0.25, -0.2) is 0 Å². The second-order valence-electron chi connectivity index (χ2n) is 3.43. The van der Waals surface area contributed by atoms with Gasteiger partial charge in [0.2, 0.25) is 0 Å². The zero-order valence-corrected chi connectivity index (χ0v) is 10.0. The Morgan fingerprint density at radius 2 is 2.00 bits per heavy atom. The molecule has 1 amide bonds. The fourth-order valence-corrected chi connectivity index (χ4v) is 1.47. The number of nitriles is 1. The molecule has 1 rings (SSSR count). The van der Waals surface area contributed by atoms with Crippen molar-refractivity contribution in [2.75, 3.05) is 14.2 Å². The lowest BCUT2D eigenvalue weighted by atomic mass is 10.1. The highest BCUT2D eigenvalue weighted by Crippen LogP contribution is 2.27. The summed E-state index contributed by atoms with van der Waals surface area (Å²) in [5.41, 5.74) is 1.71. The maximum atomic E-state index is 10.9. The number of carbonyl (C=O) groups is 1. The molecule has 1 N–H and O–H groups in total. The van der Waals surface area contributed by atoms with Crippen LogP contribution in [0.15, 0.2) is 12.1 Å². The summed E-state index contributed by atoms with van der Waals surface area (Å²) in [7, 11) is 3.13. The van der Waals surface area contributed by atoms with Gasteiger partial charge in [-0.15, -0.1) is 0 Å². The Bertz CT molecular complexity index is 464. The van der Waals surface area contributed by atoms with Crippen LogP contribution in [0.4, 0.5) is 0 Å². The highest BCUT2D eigenvalue weighted by Gasteiger charge is 2.09. The first-order chi connectivity index (χ1) is 8.12. The molecule has 0 fully saturated rings. The third-order valence-electron chi connectivity index (χ3n) is 2.34. The van der Waals surface area contributed by atoms with Crippen LogP contribution in [0.1, 0.15) is 11.1 Å². The lowest BCUT2D eigenvalue weighted by Gasteiger charge is -2.12. The van der Waals surface area contributed by atoms with Crippen LogP contribution in [0.5, 0.6) is 11.5 Å². The first-order valence-electron chi connectivity index (χ1n) is 5.01. The van der Waals surface area contributed by atoms with Gasteiger partial charge < -0.3 is 14.8 Å². The molecule has 90 valence electrons. The van der Waals surface area contributed by atoms with Crippen LogP contribution in [0.3, 0.4) is 0 Å². The maximum absolute atomic E-state index is 10.9. The quantitative estimate of drug-likeness (QED) is 0.793. The third-order valence-corrected chi connectivity index (χ3v) is 2.34. The molecule has 0 aliphatic heterocycles. The molecule has 0 radical (unpaired) electrons. The summed E-state index contributed by atoms with van der Waals surface area (Å²) in [5, 5.41) is 10.8. The van der Waals surface area contributed by atoms with E-state index in [1.165, 1.54) is 6.07 Å². The topological polar surface area (TPSA) is 71.3 Å². The minimum atomic E-state index is -0.674. The van der Waals surface area contributed by atoms with Crippen molar-refractivity contribution in [3.63, 3.8) is 0 Å². The Labute approximate surface area is 100.0 Å². The number of carbonyl (C=O) groups excluding carboxylic acids is 1. The highest BCUT2D eigenvalue weighted by molar-refractivity contribution is 5.91. The highest BCUT2D eigenvalue weighted by atomic mass is 16.5. The molecule has 0 saturated heterocycles. The first kappa shape index (κ1) is 12.8. The van der Waals surface area contributed by atoms with Gasteiger partial charge >= 0.3 is 5.91 Å². The molecule has 0 spiro atoms. The zero-order chi connectivity index (χ0) is 12.8. The normalized spacial score (nSPS) is 9.29. The van der Waals surface area contributed by atoms with Gasteiger partial charge in [0, 0.05) is 12.1 Å². The summed E-state index contributed by atoms with van der Waals surface area (Å²) in [5.74, 6) is 0.695. The lowest BCUT2D eigenvalue weighted by Crippen LogP contribution is -2.20. The number of nitrogens with one attached hydrogen (secondary N) is 1. The van der Waals surface area contributed by atoms with Gasteiger partial charge in [0.25, 0.3) is 0 Å². The summed E-state index contributed by atoms with van der Waals surface area (Å²) in [6.07, 6.45) is 0. The van der Waals surface area contributed by atoms with Crippen molar-refractivity contribution in [3.05, 3.63) is 23.3 Å². The molecule has 1 aromatic rings. The number of methoxy groups -OCH3 is 2. The van der Waals surface area contributed by atoms with Gasteiger partial charge in [0.1, 0.15) is 11.5 Å². The molecule has 5 nitrogen and oxygen atoms in total. The van der Waals surface area contributed by atoms with Gasteiger partial charge in [-0.05, 0) is 24.6 Å². The van der Waals surface area contributed by atoms with Crippen LogP contribution in [-0.4, -0.2) is 20.1 Å². The molecule has 0 heterocycles. The van der Waals surface area contributed by atoms with Crippen LogP contribution >= 0.6 is 0 Å².